The molecular weight excluding hydrogens is 544 g/mol. The maximum atomic E-state index is 14.8. The maximum absolute atomic E-state index is 14.8. The molecule has 12 heteroatoms. The van der Waals surface area contributed by atoms with Gasteiger partial charge in [-0.2, -0.15) is 18.3 Å². The number of fused-ring (bicyclic) bond motifs is 1. The first-order valence-electron chi connectivity index (χ1n) is 12.0. The molecule has 0 radical (unpaired) electrons. The number of hydrogen-bond acceptors (Lipinski definition) is 5. The van der Waals surface area contributed by atoms with Gasteiger partial charge in [-0.05, 0) is 66.2 Å². The Kier molecular flexibility index (Phi) is 7.27. The third-order valence-corrected chi connectivity index (χ3v) is 7.97. The fourth-order valence-electron chi connectivity index (χ4n) is 4.88. The van der Waals surface area contributed by atoms with Gasteiger partial charge >= 0.3 is 6.18 Å². The molecule has 0 saturated carbocycles. The van der Waals surface area contributed by atoms with E-state index in [0.717, 1.165) is 22.7 Å². The third-order valence-electron chi connectivity index (χ3n) is 6.85. The lowest BCUT2D eigenvalue weighted by molar-refractivity contribution is -0.138. The first kappa shape index (κ1) is 26.7. The lowest BCUT2D eigenvalue weighted by Gasteiger charge is -2.37. The van der Waals surface area contributed by atoms with Crippen LogP contribution < -0.4 is 0 Å². The minimum Gasteiger partial charge on any atom is -0.301 e. The Bertz CT molecular complexity index is 1440. The quantitative estimate of drug-likeness (QED) is 0.271. The van der Waals surface area contributed by atoms with Crippen molar-refractivity contribution in [3.8, 4) is 0 Å². The van der Waals surface area contributed by atoms with Crippen molar-refractivity contribution in [2.45, 2.75) is 38.3 Å². The Morgan fingerprint density at radius 1 is 1.18 bits per heavy atom. The summed E-state index contributed by atoms with van der Waals surface area (Å²) in [5.74, 6) is -0.518. The molecule has 0 N–H and O–H groups in total. The molecule has 2 aliphatic heterocycles. The van der Waals surface area contributed by atoms with E-state index in [1.54, 1.807) is 24.3 Å². The summed E-state index contributed by atoms with van der Waals surface area (Å²) in [4.78, 5) is 28.9. The summed E-state index contributed by atoms with van der Waals surface area (Å²) < 4.78 is 56.8. The molecule has 6 nitrogen and oxygen atoms in total. The van der Waals surface area contributed by atoms with Crippen LogP contribution in [0.15, 0.2) is 47.5 Å². The van der Waals surface area contributed by atoms with Gasteiger partial charge in [-0.15, -0.1) is 0 Å². The molecule has 1 aromatic heterocycles. The van der Waals surface area contributed by atoms with Gasteiger partial charge in [0.05, 0.1) is 34.8 Å². The van der Waals surface area contributed by atoms with Crippen LogP contribution in [-0.2, 0) is 17.5 Å². The number of alkyl halides is 4. The molecule has 2 amide bonds. The van der Waals surface area contributed by atoms with Gasteiger partial charge < -0.3 is 4.90 Å². The molecule has 0 bridgehead atoms. The summed E-state index contributed by atoms with van der Waals surface area (Å²) in [6, 6.07) is 7.96. The average Bonchev–Trinajstić information content (AvgIpc) is 3.38. The second-order valence-electron chi connectivity index (χ2n) is 9.24. The third kappa shape index (κ3) is 5.19. The largest absolute Gasteiger partial charge is 0.416 e. The molecule has 0 aliphatic carbocycles. The molecule has 38 heavy (non-hydrogen) atoms. The maximum Gasteiger partial charge on any atom is 0.416 e. The van der Waals surface area contributed by atoms with Crippen molar-refractivity contribution in [2.75, 3.05) is 19.6 Å². The Morgan fingerprint density at radius 3 is 2.68 bits per heavy atom. The van der Waals surface area contributed by atoms with E-state index in [4.69, 9.17) is 11.6 Å². The lowest BCUT2D eigenvalue weighted by atomic mass is 10.0. The van der Waals surface area contributed by atoms with Gasteiger partial charge in [0.25, 0.3) is 11.1 Å². The van der Waals surface area contributed by atoms with E-state index in [-0.39, 0.29) is 28.6 Å². The number of halogens is 5. The molecule has 5 rings (SSSR count). The van der Waals surface area contributed by atoms with Crippen molar-refractivity contribution in [1.82, 2.24) is 19.6 Å². The first-order valence-corrected chi connectivity index (χ1v) is 13.2. The van der Waals surface area contributed by atoms with Crippen molar-refractivity contribution in [2.24, 2.45) is 0 Å². The number of thioether (sulfide) groups is 1. The van der Waals surface area contributed by atoms with Crippen molar-refractivity contribution in [3.05, 3.63) is 69.2 Å². The number of amides is 2. The number of nitrogens with zero attached hydrogens (tertiary/aromatic N) is 4. The van der Waals surface area contributed by atoms with Gasteiger partial charge in [0.2, 0.25) is 0 Å². The SMILES string of the molecule is CCN1CC[C@H](N2C(=O)SC(=Cc3ccc4c(cnn4Cc4ccc(Cl)cc4C(F)(F)F)c3)C2=O)[C@H](F)C1. The first-order chi connectivity index (χ1) is 18.0. The summed E-state index contributed by atoms with van der Waals surface area (Å²) >= 11 is 6.56. The zero-order valence-corrected chi connectivity index (χ0v) is 21.8. The average molecular weight is 567 g/mol. The van der Waals surface area contributed by atoms with Crippen LogP contribution in [0.5, 0.6) is 0 Å². The van der Waals surface area contributed by atoms with Gasteiger partial charge in [-0.3, -0.25) is 19.2 Å². The number of rotatable bonds is 5. The Hall–Kier alpha value is -2.89. The number of benzene rings is 2. The molecule has 2 fully saturated rings. The number of hydrogen-bond donors (Lipinski definition) is 0. The van der Waals surface area contributed by atoms with Crippen LogP contribution in [0.4, 0.5) is 22.4 Å². The lowest BCUT2D eigenvalue weighted by Crippen LogP contribution is -2.53. The molecule has 200 valence electrons. The number of piperidine rings is 1. The fraction of sp³-hybridized carbons (Fsp3) is 0.346. The smallest absolute Gasteiger partial charge is 0.301 e. The van der Waals surface area contributed by atoms with Crippen LogP contribution in [-0.4, -0.2) is 62.6 Å². The minimum absolute atomic E-state index is 0.00564. The van der Waals surface area contributed by atoms with E-state index in [9.17, 15) is 27.2 Å². The van der Waals surface area contributed by atoms with Crippen molar-refractivity contribution in [3.63, 3.8) is 0 Å². The highest BCUT2D eigenvalue weighted by Crippen LogP contribution is 2.37. The molecule has 2 aliphatic rings. The number of aromatic nitrogens is 2. The van der Waals surface area contributed by atoms with E-state index in [1.807, 2.05) is 11.8 Å². The van der Waals surface area contributed by atoms with Crippen LogP contribution in [0.1, 0.15) is 30.0 Å². The molecule has 0 spiro atoms. The molecule has 2 saturated heterocycles. The molecule has 0 unspecified atom stereocenters. The highest BCUT2D eigenvalue weighted by Gasteiger charge is 2.44. The Labute approximate surface area is 225 Å². The molecule has 3 aromatic rings. The topological polar surface area (TPSA) is 58.4 Å². The summed E-state index contributed by atoms with van der Waals surface area (Å²) in [5, 5.41) is 4.40. The van der Waals surface area contributed by atoms with Crippen LogP contribution in [0.3, 0.4) is 0 Å². The normalized spacial score (nSPS) is 22.3. The molecule has 2 aromatic carbocycles. The molecule has 3 heterocycles. The minimum atomic E-state index is -4.56. The van der Waals surface area contributed by atoms with E-state index in [1.165, 1.54) is 23.0 Å². The number of carbonyl (C=O) groups is 2. The van der Waals surface area contributed by atoms with E-state index in [0.29, 0.717) is 36.0 Å². The summed E-state index contributed by atoms with van der Waals surface area (Å²) in [6.45, 7) is 3.33. The van der Waals surface area contributed by atoms with Crippen LogP contribution >= 0.6 is 23.4 Å². The number of likely N-dealkylation sites (tertiary alicyclic amines) is 1. The summed E-state index contributed by atoms with van der Waals surface area (Å²) in [7, 11) is 0. The second kappa shape index (κ2) is 10.3. The summed E-state index contributed by atoms with van der Waals surface area (Å²) in [5.41, 5.74) is 0.418. The van der Waals surface area contributed by atoms with Gasteiger partial charge in [0.15, 0.2) is 0 Å². The molecule has 2 atom stereocenters. The standard InChI is InChI=1S/C26H23ClF4N4O2S/c1-2-33-8-7-22(20(28)14-33)35-24(36)23(38-25(35)37)10-15-3-6-21-17(9-15)12-32-34(21)13-16-4-5-18(27)11-19(16)26(29,30)31/h3-6,9-12,20,22H,2,7-8,13-14H2,1H3/t20-,22+/m1/s1. The fourth-order valence-corrected chi connectivity index (χ4v) is 5.94. The van der Waals surface area contributed by atoms with Gasteiger partial charge in [0, 0.05) is 23.5 Å². The van der Waals surface area contributed by atoms with Crippen LogP contribution in [0.25, 0.3) is 17.0 Å². The van der Waals surface area contributed by atoms with Crippen LogP contribution in [0.2, 0.25) is 5.02 Å². The highest BCUT2D eigenvalue weighted by molar-refractivity contribution is 8.18. The zero-order chi connectivity index (χ0) is 27.2. The predicted molar refractivity (Wildman–Crippen MR) is 139 cm³/mol. The zero-order valence-electron chi connectivity index (χ0n) is 20.2. The van der Waals surface area contributed by atoms with E-state index >= 15 is 0 Å². The van der Waals surface area contributed by atoms with Gasteiger partial charge in [-0.25, -0.2) is 4.39 Å². The Balaban J connectivity index is 1.37. The van der Waals surface area contributed by atoms with E-state index in [2.05, 4.69) is 5.10 Å². The number of carbonyl (C=O) groups excluding carboxylic acids is 2. The molecular formula is C26H23ClF4N4O2S. The van der Waals surface area contributed by atoms with Crippen molar-refractivity contribution >= 4 is 51.5 Å². The summed E-state index contributed by atoms with van der Waals surface area (Å²) in [6.07, 6.45) is -2.39. The van der Waals surface area contributed by atoms with Gasteiger partial charge in [0.1, 0.15) is 6.17 Å². The second-order valence-corrected chi connectivity index (χ2v) is 10.7. The predicted octanol–water partition coefficient (Wildman–Crippen LogP) is 6.23. The van der Waals surface area contributed by atoms with E-state index < -0.39 is 35.1 Å². The van der Waals surface area contributed by atoms with Crippen molar-refractivity contribution < 1.29 is 27.2 Å². The monoisotopic (exact) mass is 566 g/mol. The number of imide groups is 1. The Morgan fingerprint density at radius 2 is 1.97 bits per heavy atom. The van der Waals surface area contributed by atoms with Crippen LogP contribution in [0, 0.1) is 0 Å². The van der Waals surface area contributed by atoms with Crippen molar-refractivity contribution in [1.29, 1.82) is 0 Å². The van der Waals surface area contributed by atoms with Gasteiger partial charge in [-0.1, -0.05) is 30.7 Å². The highest BCUT2D eigenvalue weighted by atomic mass is 35.5.